The predicted molar refractivity (Wildman–Crippen MR) is 131 cm³/mol. The minimum Gasteiger partial charge on any atom is -0.399 e. The van der Waals surface area contributed by atoms with Gasteiger partial charge in [-0.15, -0.1) is 0 Å². The summed E-state index contributed by atoms with van der Waals surface area (Å²) >= 11 is 0. The third kappa shape index (κ3) is 3.58. The Morgan fingerprint density at radius 1 is 0.633 bits per heavy atom. The Bertz CT molecular complexity index is 1030. The van der Waals surface area contributed by atoms with E-state index in [0.717, 1.165) is 5.46 Å². The van der Waals surface area contributed by atoms with E-state index >= 15 is 0 Å². The van der Waals surface area contributed by atoms with Crippen LogP contribution in [0.3, 0.4) is 0 Å². The van der Waals surface area contributed by atoms with E-state index in [9.17, 15) is 0 Å². The zero-order chi connectivity index (χ0) is 21.6. The highest BCUT2D eigenvalue weighted by Gasteiger charge is 2.52. The Labute approximate surface area is 182 Å². The summed E-state index contributed by atoms with van der Waals surface area (Å²) in [4.78, 5) is 0. The Morgan fingerprint density at radius 2 is 1.13 bits per heavy atom. The van der Waals surface area contributed by atoms with Gasteiger partial charge in [-0.1, -0.05) is 97.1 Å². The van der Waals surface area contributed by atoms with E-state index in [4.69, 9.17) is 9.31 Å². The van der Waals surface area contributed by atoms with Crippen molar-refractivity contribution >= 4 is 31.0 Å². The third-order valence-electron chi connectivity index (χ3n) is 6.85. The van der Waals surface area contributed by atoms with Crippen LogP contribution < -0.4 is 15.8 Å². The van der Waals surface area contributed by atoms with Gasteiger partial charge in [0.2, 0.25) is 0 Å². The summed E-state index contributed by atoms with van der Waals surface area (Å²) in [6.07, 6.45) is 0. The van der Waals surface area contributed by atoms with E-state index in [1.54, 1.807) is 0 Å². The van der Waals surface area contributed by atoms with E-state index in [1.165, 1.54) is 21.5 Å². The fourth-order valence-corrected chi connectivity index (χ4v) is 6.93. The molecule has 0 spiro atoms. The van der Waals surface area contributed by atoms with Crippen molar-refractivity contribution < 1.29 is 9.31 Å². The van der Waals surface area contributed by atoms with Crippen LogP contribution in [0, 0.1) is 0 Å². The van der Waals surface area contributed by atoms with Gasteiger partial charge in [0.1, 0.15) is 8.07 Å². The third-order valence-corrected chi connectivity index (χ3v) is 10.4. The molecule has 154 valence electrons. The minimum absolute atomic E-state index is 0.359. The van der Waals surface area contributed by atoms with E-state index in [1.807, 2.05) is 0 Å². The van der Waals surface area contributed by atoms with Gasteiger partial charge in [0.15, 0.2) is 0 Å². The standard InChI is InChI=1S/C26H31BO2Si/c1-25(2)26(3,4)29-27(28-25)23-18-12-10-16-21(23)22-17-11-13-19-24(22)30(5,6)20-14-8-7-9-15-20/h7-19H,1-6H3. The van der Waals surface area contributed by atoms with Crippen molar-refractivity contribution in [3.8, 4) is 11.1 Å². The lowest BCUT2D eigenvalue weighted by atomic mass is 9.74. The first-order chi connectivity index (χ1) is 14.1. The van der Waals surface area contributed by atoms with Crippen molar-refractivity contribution in [3.05, 3.63) is 78.9 Å². The molecule has 0 N–H and O–H groups in total. The Morgan fingerprint density at radius 3 is 1.77 bits per heavy atom. The monoisotopic (exact) mass is 414 g/mol. The molecule has 1 fully saturated rings. The van der Waals surface area contributed by atoms with Gasteiger partial charge in [-0.05, 0) is 49.5 Å². The molecule has 3 aromatic rings. The lowest BCUT2D eigenvalue weighted by Gasteiger charge is -2.32. The average molecular weight is 414 g/mol. The first-order valence-electron chi connectivity index (χ1n) is 10.7. The average Bonchev–Trinajstić information content (AvgIpc) is 2.95. The number of hydrogen-bond donors (Lipinski definition) is 0. The number of benzene rings is 3. The van der Waals surface area contributed by atoms with Gasteiger partial charge >= 0.3 is 7.12 Å². The summed E-state index contributed by atoms with van der Waals surface area (Å²) in [7, 11) is -2.26. The van der Waals surface area contributed by atoms with Gasteiger partial charge in [0, 0.05) is 0 Å². The quantitative estimate of drug-likeness (QED) is 0.587. The Hall–Kier alpha value is -2.14. The maximum Gasteiger partial charge on any atom is 0.495 e. The summed E-state index contributed by atoms with van der Waals surface area (Å²) < 4.78 is 12.8. The first kappa shape index (κ1) is 21.1. The highest BCUT2D eigenvalue weighted by Crippen LogP contribution is 2.37. The molecule has 0 atom stereocenters. The molecule has 30 heavy (non-hydrogen) atoms. The molecular weight excluding hydrogens is 383 g/mol. The smallest absolute Gasteiger partial charge is 0.399 e. The molecule has 0 aromatic heterocycles. The van der Waals surface area contributed by atoms with Crippen LogP contribution in [0.2, 0.25) is 13.1 Å². The van der Waals surface area contributed by atoms with Crippen molar-refractivity contribution in [2.45, 2.75) is 52.0 Å². The van der Waals surface area contributed by atoms with Gasteiger partial charge in [-0.2, -0.15) is 0 Å². The summed E-state index contributed by atoms with van der Waals surface area (Å²) in [5, 5.41) is 2.87. The van der Waals surface area contributed by atoms with E-state index in [0.29, 0.717) is 0 Å². The lowest BCUT2D eigenvalue weighted by Crippen LogP contribution is -2.53. The summed E-state index contributed by atoms with van der Waals surface area (Å²) in [6, 6.07) is 28.3. The van der Waals surface area contributed by atoms with Gasteiger partial charge in [0.25, 0.3) is 0 Å². The van der Waals surface area contributed by atoms with Crippen molar-refractivity contribution in [1.29, 1.82) is 0 Å². The topological polar surface area (TPSA) is 18.5 Å². The lowest BCUT2D eigenvalue weighted by molar-refractivity contribution is 0.00578. The van der Waals surface area contributed by atoms with Crippen LogP contribution in [0.1, 0.15) is 27.7 Å². The van der Waals surface area contributed by atoms with Crippen LogP contribution in [0.25, 0.3) is 11.1 Å². The Balaban J connectivity index is 1.83. The molecule has 0 saturated carbocycles. The normalized spacial score (nSPS) is 17.9. The van der Waals surface area contributed by atoms with Crippen LogP contribution in [0.5, 0.6) is 0 Å². The SMILES string of the molecule is CC1(C)OB(c2ccccc2-c2ccccc2[Si](C)(C)c2ccccc2)OC1(C)C. The molecule has 1 saturated heterocycles. The molecule has 1 heterocycles. The maximum absolute atomic E-state index is 6.41. The van der Waals surface area contributed by atoms with Crippen LogP contribution in [0.15, 0.2) is 78.9 Å². The molecule has 4 heteroatoms. The van der Waals surface area contributed by atoms with Crippen LogP contribution >= 0.6 is 0 Å². The van der Waals surface area contributed by atoms with E-state index in [2.05, 4.69) is 120 Å². The second-order valence-corrected chi connectivity index (χ2v) is 14.1. The largest absolute Gasteiger partial charge is 0.495 e. The minimum atomic E-state index is -1.88. The van der Waals surface area contributed by atoms with Gasteiger partial charge in [0.05, 0.1) is 11.2 Å². The van der Waals surface area contributed by atoms with Crippen LogP contribution in [-0.4, -0.2) is 26.4 Å². The zero-order valence-corrected chi connectivity index (χ0v) is 19.9. The first-order valence-corrected chi connectivity index (χ1v) is 13.7. The highest BCUT2D eigenvalue weighted by molar-refractivity contribution is 7.01. The van der Waals surface area contributed by atoms with Crippen LogP contribution in [0.4, 0.5) is 0 Å². The highest BCUT2D eigenvalue weighted by atomic mass is 28.3. The van der Waals surface area contributed by atoms with Crippen molar-refractivity contribution in [2.75, 3.05) is 0 Å². The molecule has 1 aliphatic heterocycles. The molecule has 0 amide bonds. The van der Waals surface area contributed by atoms with Gasteiger partial charge < -0.3 is 9.31 Å². The molecule has 3 aromatic carbocycles. The second-order valence-electron chi connectivity index (χ2n) is 9.71. The summed E-state index contributed by atoms with van der Waals surface area (Å²) in [5.74, 6) is 0. The molecular formula is C26H31BO2Si. The number of rotatable bonds is 4. The molecule has 1 aliphatic rings. The van der Waals surface area contributed by atoms with Crippen molar-refractivity contribution in [2.24, 2.45) is 0 Å². The molecule has 0 aliphatic carbocycles. The van der Waals surface area contributed by atoms with Crippen LogP contribution in [-0.2, 0) is 9.31 Å². The van der Waals surface area contributed by atoms with Gasteiger partial charge in [-0.25, -0.2) is 0 Å². The van der Waals surface area contributed by atoms with Gasteiger partial charge in [-0.3, -0.25) is 0 Å². The maximum atomic E-state index is 6.41. The molecule has 0 bridgehead atoms. The fourth-order valence-electron chi connectivity index (χ4n) is 4.19. The number of hydrogen-bond acceptors (Lipinski definition) is 2. The molecule has 4 rings (SSSR count). The summed E-state index contributed by atoms with van der Waals surface area (Å²) in [5.41, 5.74) is 2.86. The Kier molecular flexibility index (Phi) is 5.29. The van der Waals surface area contributed by atoms with E-state index < -0.39 is 8.07 Å². The fraction of sp³-hybridized carbons (Fsp3) is 0.308. The molecule has 0 unspecified atom stereocenters. The molecule has 0 radical (unpaired) electrons. The zero-order valence-electron chi connectivity index (χ0n) is 18.9. The predicted octanol–water partition coefficient (Wildman–Crippen LogP) is 4.48. The molecule has 2 nitrogen and oxygen atoms in total. The van der Waals surface area contributed by atoms with Crippen molar-refractivity contribution in [1.82, 2.24) is 0 Å². The van der Waals surface area contributed by atoms with E-state index in [-0.39, 0.29) is 18.3 Å². The summed E-state index contributed by atoms with van der Waals surface area (Å²) in [6.45, 7) is 13.3. The van der Waals surface area contributed by atoms with Crippen molar-refractivity contribution in [3.63, 3.8) is 0 Å². The second kappa shape index (κ2) is 7.53.